The topological polar surface area (TPSA) is 69.9 Å². The molecule has 1 aliphatic rings. The maximum atomic E-state index is 8.92. The fourth-order valence-corrected chi connectivity index (χ4v) is 0.845. The Morgan fingerprint density at radius 2 is 2.22 bits per heavy atom. The number of ether oxygens (including phenoxy) is 1. The molecule has 54 valence electrons. The van der Waals surface area contributed by atoms with Crippen molar-refractivity contribution in [2.75, 3.05) is 13.2 Å². The second-order valence-corrected chi connectivity index (χ2v) is 2.17. The van der Waals surface area contributed by atoms with Crippen molar-refractivity contribution >= 4 is 0 Å². The third kappa shape index (κ3) is 1.21. The van der Waals surface area contributed by atoms with E-state index in [1.54, 1.807) is 0 Å². The monoisotopic (exact) mass is 134 g/mol. The molecule has 0 aromatic rings. The van der Waals surface area contributed by atoms with Gasteiger partial charge in [0.05, 0.1) is 13.2 Å². The summed E-state index contributed by atoms with van der Waals surface area (Å²) in [5.41, 5.74) is 0. The molecule has 1 saturated heterocycles. The van der Waals surface area contributed by atoms with Crippen LogP contribution in [-0.4, -0.2) is 40.4 Å². The summed E-state index contributed by atoms with van der Waals surface area (Å²) in [5.74, 6) is -1.81. The summed E-state index contributed by atoms with van der Waals surface area (Å²) in [4.78, 5) is 0. The second kappa shape index (κ2) is 2.22. The summed E-state index contributed by atoms with van der Waals surface area (Å²) >= 11 is 0. The fraction of sp³-hybridized carbons (Fsp3) is 1.00. The Kier molecular flexibility index (Phi) is 1.72. The van der Waals surface area contributed by atoms with E-state index in [-0.39, 0.29) is 13.0 Å². The SMILES string of the molecule is OCC1OCCC1(O)O. The van der Waals surface area contributed by atoms with E-state index < -0.39 is 11.9 Å². The lowest BCUT2D eigenvalue weighted by molar-refractivity contribution is -0.200. The van der Waals surface area contributed by atoms with Crippen molar-refractivity contribution in [3.05, 3.63) is 0 Å². The van der Waals surface area contributed by atoms with E-state index in [0.717, 1.165) is 0 Å². The Labute approximate surface area is 52.7 Å². The molecule has 1 atom stereocenters. The molecule has 1 rings (SSSR count). The van der Waals surface area contributed by atoms with Gasteiger partial charge in [-0.2, -0.15) is 0 Å². The first-order chi connectivity index (χ1) is 4.17. The summed E-state index contributed by atoms with van der Waals surface area (Å²) in [7, 11) is 0. The molecular formula is C5H10O4. The highest BCUT2D eigenvalue weighted by molar-refractivity contribution is 4.81. The van der Waals surface area contributed by atoms with E-state index in [1.807, 2.05) is 0 Å². The zero-order chi connectivity index (χ0) is 6.91. The Morgan fingerprint density at radius 1 is 1.56 bits per heavy atom. The normalized spacial score (nSPS) is 33.0. The van der Waals surface area contributed by atoms with Crippen molar-refractivity contribution in [3.8, 4) is 0 Å². The van der Waals surface area contributed by atoms with Crippen molar-refractivity contribution in [2.24, 2.45) is 0 Å². The predicted molar refractivity (Wildman–Crippen MR) is 28.6 cm³/mol. The van der Waals surface area contributed by atoms with Crippen LogP contribution in [0.2, 0.25) is 0 Å². The van der Waals surface area contributed by atoms with Crippen LogP contribution in [0.5, 0.6) is 0 Å². The van der Waals surface area contributed by atoms with Gasteiger partial charge in [0.15, 0.2) is 5.79 Å². The molecule has 0 radical (unpaired) electrons. The van der Waals surface area contributed by atoms with E-state index in [4.69, 9.17) is 20.1 Å². The first-order valence-electron chi connectivity index (χ1n) is 2.84. The number of rotatable bonds is 1. The molecule has 1 fully saturated rings. The van der Waals surface area contributed by atoms with Gasteiger partial charge in [0, 0.05) is 6.42 Å². The smallest absolute Gasteiger partial charge is 0.194 e. The Morgan fingerprint density at radius 3 is 2.44 bits per heavy atom. The van der Waals surface area contributed by atoms with Gasteiger partial charge in [-0.3, -0.25) is 0 Å². The van der Waals surface area contributed by atoms with E-state index in [9.17, 15) is 0 Å². The molecule has 0 saturated carbocycles. The van der Waals surface area contributed by atoms with Crippen LogP contribution in [0.4, 0.5) is 0 Å². The van der Waals surface area contributed by atoms with Crippen LogP contribution in [0.15, 0.2) is 0 Å². The highest BCUT2D eigenvalue weighted by Gasteiger charge is 2.39. The summed E-state index contributed by atoms with van der Waals surface area (Å²) in [5, 5.41) is 26.3. The van der Waals surface area contributed by atoms with Gasteiger partial charge in [0.2, 0.25) is 0 Å². The van der Waals surface area contributed by atoms with Crippen LogP contribution in [0.1, 0.15) is 6.42 Å². The van der Waals surface area contributed by atoms with Gasteiger partial charge in [-0.15, -0.1) is 0 Å². The molecular weight excluding hydrogens is 124 g/mol. The van der Waals surface area contributed by atoms with E-state index >= 15 is 0 Å². The fourth-order valence-electron chi connectivity index (χ4n) is 0.845. The van der Waals surface area contributed by atoms with Gasteiger partial charge in [0.1, 0.15) is 6.10 Å². The first-order valence-corrected chi connectivity index (χ1v) is 2.84. The molecule has 4 heteroatoms. The predicted octanol–water partition coefficient (Wildman–Crippen LogP) is -1.55. The third-order valence-corrected chi connectivity index (χ3v) is 1.47. The molecule has 0 aliphatic carbocycles. The maximum Gasteiger partial charge on any atom is 0.194 e. The van der Waals surface area contributed by atoms with Crippen molar-refractivity contribution in [2.45, 2.75) is 18.3 Å². The van der Waals surface area contributed by atoms with Gasteiger partial charge >= 0.3 is 0 Å². The van der Waals surface area contributed by atoms with Gasteiger partial charge in [-0.25, -0.2) is 0 Å². The summed E-state index contributed by atoms with van der Waals surface area (Å²) < 4.78 is 4.77. The van der Waals surface area contributed by atoms with Crippen LogP contribution < -0.4 is 0 Å². The molecule has 1 aliphatic heterocycles. The maximum absolute atomic E-state index is 8.92. The minimum absolute atomic E-state index is 0.179. The summed E-state index contributed by atoms with van der Waals surface area (Å²) in [6, 6.07) is 0. The van der Waals surface area contributed by atoms with Crippen molar-refractivity contribution in [3.63, 3.8) is 0 Å². The lowest BCUT2D eigenvalue weighted by Crippen LogP contribution is -2.40. The van der Waals surface area contributed by atoms with Gasteiger partial charge in [0.25, 0.3) is 0 Å². The highest BCUT2D eigenvalue weighted by atomic mass is 16.6. The van der Waals surface area contributed by atoms with Crippen LogP contribution >= 0.6 is 0 Å². The van der Waals surface area contributed by atoms with Gasteiger partial charge < -0.3 is 20.1 Å². The number of aliphatic hydroxyl groups is 3. The zero-order valence-corrected chi connectivity index (χ0v) is 4.95. The van der Waals surface area contributed by atoms with Crippen LogP contribution in [0.3, 0.4) is 0 Å². The largest absolute Gasteiger partial charge is 0.393 e. The molecule has 0 bridgehead atoms. The molecule has 1 unspecified atom stereocenters. The summed E-state index contributed by atoms with van der Waals surface area (Å²) in [6.07, 6.45) is -0.643. The summed E-state index contributed by atoms with van der Waals surface area (Å²) in [6.45, 7) is -0.0365. The third-order valence-electron chi connectivity index (χ3n) is 1.47. The Bertz CT molecular complexity index is 101. The lowest BCUT2D eigenvalue weighted by atomic mass is 10.1. The first kappa shape index (κ1) is 6.95. The van der Waals surface area contributed by atoms with Crippen molar-refractivity contribution in [1.29, 1.82) is 0 Å². The van der Waals surface area contributed by atoms with Crippen molar-refractivity contribution < 1.29 is 20.1 Å². The lowest BCUT2D eigenvalue weighted by Gasteiger charge is -2.19. The van der Waals surface area contributed by atoms with Crippen LogP contribution in [0, 0.1) is 0 Å². The van der Waals surface area contributed by atoms with Crippen molar-refractivity contribution in [1.82, 2.24) is 0 Å². The van der Waals surface area contributed by atoms with Gasteiger partial charge in [-0.05, 0) is 0 Å². The van der Waals surface area contributed by atoms with Gasteiger partial charge in [-0.1, -0.05) is 0 Å². The van der Waals surface area contributed by atoms with E-state index in [2.05, 4.69) is 0 Å². The van der Waals surface area contributed by atoms with Crippen LogP contribution in [-0.2, 0) is 4.74 Å². The quantitative estimate of drug-likeness (QED) is 0.380. The highest BCUT2D eigenvalue weighted by Crippen LogP contribution is 2.21. The number of hydrogen-bond acceptors (Lipinski definition) is 4. The molecule has 0 amide bonds. The zero-order valence-electron chi connectivity index (χ0n) is 4.95. The molecule has 4 nitrogen and oxygen atoms in total. The molecule has 0 aromatic heterocycles. The second-order valence-electron chi connectivity index (χ2n) is 2.17. The average Bonchev–Trinajstić information content (AvgIpc) is 2.08. The minimum Gasteiger partial charge on any atom is -0.393 e. The standard InChI is InChI=1S/C5H10O4/c6-3-4-5(7,8)1-2-9-4/h4,6-8H,1-3H2. The van der Waals surface area contributed by atoms with E-state index in [1.165, 1.54) is 0 Å². The average molecular weight is 134 g/mol. The van der Waals surface area contributed by atoms with Crippen LogP contribution in [0.25, 0.3) is 0 Å². The Hall–Kier alpha value is -0.160. The van der Waals surface area contributed by atoms with E-state index in [0.29, 0.717) is 6.61 Å². The molecule has 1 heterocycles. The Balaban J connectivity index is 2.52. The molecule has 3 N–H and O–H groups in total. The molecule has 0 spiro atoms. The number of aliphatic hydroxyl groups excluding tert-OH is 1. The molecule has 9 heavy (non-hydrogen) atoms. The number of hydrogen-bond donors (Lipinski definition) is 3. The minimum atomic E-state index is -1.81. The molecule has 0 aromatic carbocycles.